The minimum atomic E-state index is -0.0258. The first-order valence-electron chi connectivity index (χ1n) is 7.58. The van der Waals surface area contributed by atoms with Crippen LogP contribution in [-0.2, 0) is 4.79 Å². The van der Waals surface area contributed by atoms with Crippen molar-refractivity contribution in [2.75, 3.05) is 19.5 Å². The van der Waals surface area contributed by atoms with Crippen molar-refractivity contribution in [3.63, 3.8) is 0 Å². The molecule has 1 saturated carbocycles. The lowest BCUT2D eigenvalue weighted by atomic mass is 9.89. The molecule has 0 heterocycles. The predicted octanol–water partition coefficient (Wildman–Crippen LogP) is 3.75. The maximum Gasteiger partial charge on any atom is 0.229 e. The van der Waals surface area contributed by atoms with Gasteiger partial charge in [-0.1, -0.05) is 30.9 Å². The van der Waals surface area contributed by atoms with E-state index in [0.29, 0.717) is 22.2 Å². The minimum Gasteiger partial charge on any atom is -0.495 e. The molecule has 1 aliphatic carbocycles. The standard InChI is InChI=1S/C16H21ClN2O3S/c1-21-13-9-12(14(22-2)8-11(13)17)18-16(23)19-15(20)10-6-4-3-5-7-10/h8-10H,3-7H2,1-2H3,(H2,18,19,20,23). The van der Waals surface area contributed by atoms with Gasteiger partial charge in [-0.2, -0.15) is 0 Å². The Labute approximate surface area is 146 Å². The van der Waals surface area contributed by atoms with Gasteiger partial charge in [-0.3, -0.25) is 4.79 Å². The topological polar surface area (TPSA) is 59.6 Å². The van der Waals surface area contributed by atoms with Crippen molar-refractivity contribution in [3.05, 3.63) is 17.2 Å². The van der Waals surface area contributed by atoms with Gasteiger partial charge < -0.3 is 20.1 Å². The summed E-state index contributed by atoms with van der Waals surface area (Å²) in [5.74, 6) is 1.04. The second kappa shape index (κ2) is 8.36. The fraction of sp³-hybridized carbons (Fsp3) is 0.500. The third-order valence-corrected chi connectivity index (χ3v) is 4.43. The first-order chi connectivity index (χ1) is 11.0. The predicted molar refractivity (Wildman–Crippen MR) is 95.5 cm³/mol. The Hall–Kier alpha value is -1.53. The molecular formula is C16H21ClN2O3S. The van der Waals surface area contributed by atoms with E-state index in [1.807, 2.05) is 0 Å². The molecule has 7 heteroatoms. The number of hydrogen-bond acceptors (Lipinski definition) is 4. The number of carbonyl (C=O) groups is 1. The summed E-state index contributed by atoms with van der Waals surface area (Å²) in [7, 11) is 3.06. The van der Waals surface area contributed by atoms with Gasteiger partial charge in [0.2, 0.25) is 5.91 Å². The summed E-state index contributed by atoms with van der Waals surface area (Å²) in [4.78, 5) is 12.2. The number of methoxy groups -OCH3 is 2. The zero-order valence-corrected chi connectivity index (χ0v) is 14.9. The van der Waals surface area contributed by atoms with Crippen LogP contribution in [0.1, 0.15) is 32.1 Å². The van der Waals surface area contributed by atoms with Gasteiger partial charge in [0, 0.05) is 18.1 Å². The molecule has 2 rings (SSSR count). The van der Waals surface area contributed by atoms with E-state index < -0.39 is 0 Å². The van der Waals surface area contributed by atoms with Crippen LogP contribution in [0.5, 0.6) is 11.5 Å². The van der Waals surface area contributed by atoms with Crippen LogP contribution in [0.25, 0.3) is 0 Å². The molecule has 0 saturated heterocycles. The molecule has 0 aliphatic heterocycles. The van der Waals surface area contributed by atoms with Gasteiger partial charge in [0.1, 0.15) is 11.5 Å². The zero-order valence-electron chi connectivity index (χ0n) is 13.3. The summed E-state index contributed by atoms with van der Waals surface area (Å²) in [6.07, 6.45) is 5.24. The van der Waals surface area contributed by atoms with Crippen molar-refractivity contribution < 1.29 is 14.3 Å². The van der Waals surface area contributed by atoms with Gasteiger partial charge in [-0.05, 0) is 25.1 Å². The fourth-order valence-corrected chi connectivity index (χ4v) is 3.13. The number of halogens is 1. The Bertz CT molecular complexity index is 589. The number of ether oxygens (including phenoxy) is 2. The molecule has 0 spiro atoms. The van der Waals surface area contributed by atoms with Crippen LogP contribution in [0.3, 0.4) is 0 Å². The lowest BCUT2D eigenvalue weighted by Crippen LogP contribution is -2.39. The van der Waals surface area contributed by atoms with Gasteiger partial charge in [0.25, 0.3) is 0 Å². The SMILES string of the molecule is COc1cc(NC(=S)NC(=O)C2CCCCC2)c(OC)cc1Cl. The maximum absolute atomic E-state index is 12.2. The average Bonchev–Trinajstić information content (AvgIpc) is 2.56. The smallest absolute Gasteiger partial charge is 0.229 e. The highest BCUT2D eigenvalue weighted by atomic mass is 35.5. The Morgan fingerprint density at radius 2 is 1.83 bits per heavy atom. The highest BCUT2D eigenvalue weighted by Crippen LogP contribution is 2.35. The number of benzene rings is 1. The highest BCUT2D eigenvalue weighted by Gasteiger charge is 2.22. The van der Waals surface area contributed by atoms with Crippen molar-refractivity contribution in [2.45, 2.75) is 32.1 Å². The van der Waals surface area contributed by atoms with Gasteiger partial charge >= 0.3 is 0 Å². The lowest BCUT2D eigenvalue weighted by Gasteiger charge is -2.21. The fourth-order valence-electron chi connectivity index (χ4n) is 2.69. The summed E-state index contributed by atoms with van der Waals surface area (Å²) in [5.41, 5.74) is 0.586. The lowest BCUT2D eigenvalue weighted by molar-refractivity contribution is -0.124. The maximum atomic E-state index is 12.2. The van der Waals surface area contributed by atoms with Crippen molar-refractivity contribution in [1.29, 1.82) is 0 Å². The normalized spacial score (nSPS) is 14.9. The molecule has 1 amide bonds. The van der Waals surface area contributed by atoms with E-state index in [0.717, 1.165) is 25.7 Å². The summed E-state index contributed by atoms with van der Waals surface area (Å²) in [6, 6.07) is 3.31. The summed E-state index contributed by atoms with van der Waals surface area (Å²) < 4.78 is 10.5. The third kappa shape index (κ3) is 4.72. The van der Waals surface area contributed by atoms with E-state index in [-0.39, 0.29) is 16.9 Å². The number of anilines is 1. The van der Waals surface area contributed by atoms with Gasteiger partial charge in [-0.25, -0.2) is 0 Å². The van der Waals surface area contributed by atoms with E-state index >= 15 is 0 Å². The Balaban J connectivity index is 2.03. The molecule has 126 valence electrons. The summed E-state index contributed by atoms with van der Waals surface area (Å²) >= 11 is 11.3. The van der Waals surface area contributed by atoms with Crippen LogP contribution in [0, 0.1) is 5.92 Å². The average molecular weight is 357 g/mol. The Kier molecular flexibility index (Phi) is 6.47. The quantitative estimate of drug-likeness (QED) is 0.804. The zero-order chi connectivity index (χ0) is 16.8. The molecule has 1 fully saturated rings. The number of nitrogens with one attached hydrogen (secondary N) is 2. The van der Waals surface area contributed by atoms with Crippen molar-refractivity contribution in [2.24, 2.45) is 5.92 Å². The molecule has 1 aromatic carbocycles. The third-order valence-electron chi connectivity index (χ3n) is 3.93. The van der Waals surface area contributed by atoms with Crippen molar-refractivity contribution in [3.8, 4) is 11.5 Å². The molecule has 5 nitrogen and oxygen atoms in total. The Morgan fingerprint density at radius 3 is 2.43 bits per heavy atom. The summed E-state index contributed by atoms with van der Waals surface area (Å²) in [6.45, 7) is 0. The molecule has 2 N–H and O–H groups in total. The van der Waals surface area contributed by atoms with Crippen LogP contribution in [-0.4, -0.2) is 25.2 Å². The molecule has 1 aliphatic rings. The molecule has 0 unspecified atom stereocenters. The number of carbonyl (C=O) groups excluding carboxylic acids is 1. The molecule has 0 atom stereocenters. The monoisotopic (exact) mass is 356 g/mol. The number of hydrogen-bond donors (Lipinski definition) is 2. The van der Waals surface area contributed by atoms with Crippen LogP contribution < -0.4 is 20.1 Å². The van der Waals surface area contributed by atoms with Crippen LogP contribution in [0.15, 0.2) is 12.1 Å². The summed E-state index contributed by atoms with van der Waals surface area (Å²) in [5, 5.41) is 6.40. The van der Waals surface area contributed by atoms with Crippen LogP contribution in [0.4, 0.5) is 5.69 Å². The molecule has 0 aromatic heterocycles. The van der Waals surface area contributed by atoms with Gasteiger partial charge in [0.05, 0.1) is 24.9 Å². The second-order valence-corrected chi connectivity index (χ2v) is 6.28. The van der Waals surface area contributed by atoms with Crippen LogP contribution in [0.2, 0.25) is 5.02 Å². The number of rotatable bonds is 4. The van der Waals surface area contributed by atoms with Crippen molar-refractivity contribution in [1.82, 2.24) is 5.32 Å². The van der Waals surface area contributed by atoms with Crippen molar-refractivity contribution >= 4 is 40.5 Å². The molecular weight excluding hydrogens is 336 g/mol. The highest BCUT2D eigenvalue weighted by molar-refractivity contribution is 7.80. The number of amides is 1. The molecule has 23 heavy (non-hydrogen) atoms. The first kappa shape index (κ1) is 17.8. The van der Waals surface area contributed by atoms with Gasteiger partial charge in [0.15, 0.2) is 5.11 Å². The van der Waals surface area contributed by atoms with E-state index in [4.69, 9.17) is 33.3 Å². The minimum absolute atomic E-state index is 0.0258. The van der Waals surface area contributed by atoms with Crippen LogP contribution >= 0.6 is 23.8 Å². The van der Waals surface area contributed by atoms with E-state index in [1.54, 1.807) is 12.1 Å². The Morgan fingerprint density at radius 1 is 1.17 bits per heavy atom. The van der Waals surface area contributed by atoms with E-state index in [1.165, 1.54) is 20.6 Å². The van der Waals surface area contributed by atoms with E-state index in [2.05, 4.69) is 10.6 Å². The molecule has 1 aromatic rings. The number of thiocarbonyl (C=S) groups is 1. The largest absolute Gasteiger partial charge is 0.495 e. The van der Waals surface area contributed by atoms with E-state index in [9.17, 15) is 4.79 Å². The molecule has 0 bridgehead atoms. The second-order valence-electron chi connectivity index (χ2n) is 5.47. The first-order valence-corrected chi connectivity index (χ1v) is 8.37. The molecule has 0 radical (unpaired) electrons. The van der Waals surface area contributed by atoms with Gasteiger partial charge in [-0.15, -0.1) is 0 Å².